The summed E-state index contributed by atoms with van der Waals surface area (Å²) in [7, 11) is 0. The number of ether oxygens (including phenoxy) is 1. The zero-order valence-corrected chi connectivity index (χ0v) is 18.8. The molecule has 168 valence electrons. The zero-order chi connectivity index (χ0) is 23.1. The molecule has 0 saturated carbocycles. The van der Waals surface area contributed by atoms with Crippen LogP contribution in [-0.4, -0.2) is 37.8 Å². The number of hydrogen-bond acceptors (Lipinski definition) is 5. The molecule has 7 nitrogen and oxygen atoms in total. The van der Waals surface area contributed by atoms with Crippen LogP contribution in [0.1, 0.15) is 43.1 Å². The minimum atomic E-state index is -1.04. The summed E-state index contributed by atoms with van der Waals surface area (Å²) in [5.41, 5.74) is 1.76. The fraction of sp³-hybridized carbons (Fsp3) is 0.292. The van der Waals surface area contributed by atoms with Crippen LogP contribution in [0.15, 0.2) is 53.5 Å². The highest BCUT2D eigenvalue weighted by molar-refractivity contribution is 7.09. The van der Waals surface area contributed by atoms with E-state index in [9.17, 15) is 14.7 Å². The van der Waals surface area contributed by atoms with E-state index in [4.69, 9.17) is 9.84 Å². The van der Waals surface area contributed by atoms with E-state index in [1.807, 2.05) is 34.2 Å². The summed E-state index contributed by atoms with van der Waals surface area (Å²) in [6.07, 6.45) is 5.47. The van der Waals surface area contributed by atoms with E-state index in [1.165, 1.54) is 18.3 Å². The van der Waals surface area contributed by atoms with Gasteiger partial charge in [0.15, 0.2) is 6.10 Å². The Morgan fingerprint density at radius 3 is 2.56 bits per heavy atom. The molecule has 0 aliphatic carbocycles. The van der Waals surface area contributed by atoms with Gasteiger partial charge in [0.1, 0.15) is 11.6 Å². The molecule has 8 heteroatoms. The zero-order valence-electron chi connectivity index (χ0n) is 18.0. The SMILES string of the molecule is CCCCc1ncc(/C=C(\Cc2cccs2)C(=O)O)n1-c1ccc(OC(C)C(=O)O)cc1. The van der Waals surface area contributed by atoms with Crippen molar-refractivity contribution in [1.82, 2.24) is 9.55 Å². The van der Waals surface area contributed by atoms with Crippen LogP contribution in [0.5, 0.6) is 5.75 Å². The number of carbonyl (C=O) groups is 2. The molecule has 2 N–H and O–H groups in total. The van der Waals surface area contributed by atoms with E-state index < -0.39 is 18.0 Å². The van der Waals surface area contributed by atoms with Crippen molar-refractivity contribution >= 4 is 29.4 Å². The summed E-state index contributed by atoms with van der Waals surface area (Å²) in [6, 6.07) is 10.9. The van der Waals surface area contributed by atoms with Crippen LogP contribution >= 0.6 is 11.3 Å². The number of aryl methyl sites for hydroxylation is 1. The third-order valence-corrected chi connectivity index (χ3v) is 5.79. The van der Waals surface area contributed by atoms with Gasteiger partial charge in [-0.1, -0.05) is 19.4 Å². The minimum Gasteiger partial charge on any atom is -0.479 e. The molecular formula is C24H26N2O5S. The molecule has 0 fully saturated rings. The molecule has 1 aromatic carbocycles. The van der Waals surface area contributed by atoms with E-state index in [2.05, 4.69) is 11.9 Å². The average Bonchev–Trinajstić information content (AvgIpc) is 3.42. The number of aromatic nitrogens is 2. The number of carboxylic acids is 2. The summed E-state index contributed by atoms with van der Waals surface area (Å²) < 4.78 is 7.36. The Morgan fingerprint density at radius 1 is 1.22 bits per heavy atom. The van der Waals surface area contributed by atoms with Gasteiger partial charge < -0.3 is 14.9 Å². The summed E-state index contributed by atoms with van der Waals surface area (Å²) in [4.78, 5) is 28.5. The molecule has 3 aromatic rings. The van der Waals surface area contributed by atoms with E-state index in [1.54, 1.807) is 24.4 Å². The second-order valence-corrected chi connectivity index (χ2v) is 8.39. The maximum absolute atomic E-state index is 11.9. The Hall–Kier alpha value is -3.39. The first-order valence-corrected chi connectivity index (χ1v) is 11.3. The number of thiophene rings is 1. The standard InChI is InChI=1S/C24H26N2O5S/c1-3-4-7-22-25-15-19(13-17(24(29)30)14-21-6-5-12-32-21)26(22)18-8-10-20(11-9-18)31-16(2)23(27)28/h5-6,8-13,15-16H,3-4,7,14H2,1-2H3,(H,27,28)(H,29,30)/b17-13+. The Bertz CT molecular complexity index is 1080. The lowest BCUT2D eigenvalue weighted by atomic mass is 10.1. The van der Waals surface area contributed by atoms with Crippen molar-refractivity contribution in [2.45, 2.75) is 45.6 Å². The number of imidazole rings is 1. The molecule has 0 aliphatic rings. The highest BCUT2D eigenvalue weighted by Gasteiger charge is 2.16. The fourth-order valence-electron chi connectivity index (χ4n) is 3.21. The van der Waals surface area contributed by atoms with Crippen LogP contribution in [0.2, 0.25) is 0 Å². The number of unbranched alkanes of at least 4 members (excludes halogenated alkanes) is 1. The first kappa shape index (κ1) is 23.3. The maximum Gasteiger partial charge on any atom is 0.344 e. The third kappa shape index (κ3) is 5.85. The predicted octanol–water partition coefficient (Wildman–Crippen LogP) is 4.84. The summed E-state index contributed by atoms with van der Waals surface area (Å²) in [6.45, 7) is 3.58. The number of rotatable bonds is 11. The van der Waals surface area contributed by atoms with E-state index >= 15 is 0 Å². The lowest BCUT2D eigenvalue weighted by Crippen LogP contribution is -2.22. The molecule has 0 bridgehead atoms. The summed E-state index contributed by atoms with van der Waals surface area (Å²) in [5, 5.41) is 20.7. The van der Waals surface area contributed by atoms with Crippen molar-refractivity contribution in [2.24, 2.45) is 0 Å². The van der Waals surface area contributed by atoms with E-state index in [0.29, 0.717) is 17.9 Å². The number of nitrogens with zero attached hydrogens (tertiary/aromatic N) is 2. The molecule has 0 aliphatic heterocycles. The minimum absolute atomic E-state index is 0.283. The Morgan fingerprint density at radius 2 is 1.97 bits per heavy atom. The van der Waals surface area contributed by atoms with Crippen molar-refractivity contribution in [1.29, 1.82) is 0 Å². The molecule has 0 spiro atoms. The summed E-state index contributed by atoms with van der Waals surface area (Å²) >= 11 is 1.52. The van der Waals surface area contributed by atoms with Gasteiger partial charge in [0.2, 0.25) is 0 Å². The lowest BCUT2D eigenvalue weighted by Gasteiger charge is -2.14. The first-order chi connectivity index (χ1) is 15.4. The maximum atomic E-state index is 11.9. The predicted molar refractivity (Wildman–Crippen MR) is 124 cm³/mol. The van der Waals surface area contributed by atoms with Crippen molar-refractivity contribution in [2.75, 3.05) is 0 Å². The summed E-state index contributed by atoms with van der Waals surface area (Å²) in [5.74, 6) is -0.719. The lowest BCUT2D eigenvalue weighted by molar-refractivity contribution is -0.144. The molecule has 32 heavy (non-hydrogen) atoms. The highest BCUT2D eigenvalue weighted by atomic mass is 32.1. The van der Waals surface area contributed by atoms with E-state index in [0.717, 1.165) is 35.7 Å². The quantitative estimate of drug-likeness (QED) is 0.402. The van der Waals surface area contributed by atoms with Gasteiger partial charge in [-0.15, -0.1) is 11.3 Å². The van der Waals surface area contributed by atoms with Gasteiger partial charge in [0.25, 0.3) is 0 Å². The molecule has 0 saturated heterocycles. The largest absolute Gasteiger partial charge is 0.479 e. The van der Waals surface area contributed by atoms with Gasteiger partial charge in [-0.2, -0.15) is 0 Å². The molecule has 3 rings (SSSR count). The van der Waals surface area contributed by atoms with Gasteiger partial charge in [-0.05, 0) is 55.1 Å². The van der Waals surface area contributed by atoms with Crippen LogP contribution in [0, 0.1) is 0 Å². The topological polar surface area (TPSA) is 102 Å². The van der Waals surface area contributed by atoms with Crippen molar-refractivity contribution in [3.05, 3.63) is 69.9 Å². The van der Waals surface area contributed by atoms with Crippen LogP contribution in [0.25, 0.3) is 11.8 Å². The van der Waals surface area contributed by atoms with Gasteiger partial charge in [0, 0.05) is 29.0 Å². The number of aliphatic carboxylic acids is 2. The molecule has 0 amide bonds. The molecule has 2 heterocycles. The molecule has 1 unspecified atom stereocenters. The van der Waals surface area contributed by atoms with E-state index in [-0.39, 0.29) is 5.57 Å². The number of carboxylic acid groups (broad SMARTS) is 2. The van der Waals surface area contributed by atoms with Crippen LogP contribution in [0.3, 0.4) is 0 Å². The van der Waals surface area contributed by atoms with Crippen LogP contribution in [0.4, 0.5) is 0 Å². The molecule has 2 aromatic heterocycles. The van der Waals surface area contributed by atoms with Crippen molar-refractivity contribution in [3.8, 4) is 11.4 Å². The number of benzene rings is 1. The van der Waals surface area contributed by atoms with Gasteiger partial charge >= 0.3 is 11.9 Å². The highest BCUT2D eigenvalue weighted by Crippen LogP contribution is 2.24. The first-order valence-electron chi connectivity index (χ1n) is 10.4. The number of hydrogen-bond donors (Lipinski definition) is 2. The Kier molecular flexibility index (Phi) is 7.83. The molecule has 0 radical (unpaired) electrons. The van der Waals surface area contributed by atoms with Gasteiger partial charge in [0.05, 0.1) is 11.9 Å². The molecule has 1 atom stereocenters. The van der Waals surface area contributed by atoms with Crippen molar-refractivity contribution in [3.63, 3.8) is 0 Å². The second-order valence-electron chi connectivity index (χ2n) is 7.36. The van der Waals surface area contributed by atoms with Crippen LogP contribution in [-0.2, 0) is 22.4 Å². The smallest absolute Gasteiger partial charge is 0.344 e. The van der Waals surface area contributed by atoms with Gasteiger partial charge in [-0.25, -0.2) is 14.6 Å². The van der Waals surface area contributed by atoms with Crippen LogP contribution < -0.4 is 4.74 Å². The van der Waals surface area contributed by atoms with Crippen molar-refractivity contribution < 1.29 is 24.5 Å². The average molecular weight is 455 g/mol. The Labute approximate surface area is 190 Å². The van der Waals surface area contributed by atoms with Gasteiger partial charge in [-0.3, -0.25) is 4.57 Å². The molecular weight excluding hydrogens is 428 g/mol. The monoisotopic (exact) mass is 454 g/mol. The third-order valence-electron chi connectivity index (χ3n) is 4.91. The Balaban J connectivity index is 1.97. The second kappa shape index (κ2) is 10.8. The normalized spacial score (nSPS) is 12.5. The fourth-order valence-corrected chi connectivity index (χ4v) is 3.94.